The van der Waals surface area contributed by atoms with Gasteiger partial charge in [-0.3, -0.25) is 4.90 Å². The number of carbonyl (C=O) groups excluding carboxylic acids is 1. The predicted molar refractivity (Wildman–Crippen MR) is 83.0 cm³/mol. The number of carboxylic acid groups (broad SMARTS) is 1. The van der Waals surface area contributed by atoms with Crippen LogP contribution in [0.15, 0.2) is 24.3 Å². The quantitative estimate of drug-likeness (QED) is 0.863. The van der Waals surface area contributed by atoms with E-state index in [0.29, 0.717) is 19.5 Å². The zero-order chi connectivity index (χ0) is 14.8. The SMILES string of the molecule is O=C(O)C1Cc2ccccc2N1C(=O)N1CCCSCC1. The van der Waals surface area contributed by atoms with Crippen molar-refractivity contribution in [2.75, 3.05) is 29.5 Å². The lowest BCUT2D eigenvalue weighted by Gasteiger charge is -2.29. The molecule has 1 aromatic carbocycles. The van der Waals surface area contributed by atoms with Gasteiger partial charge < -0.3 is 10.0 Å². The minimum Gasteiger partial charge on any atom is -0.480 e. The van der Waals surface area contributed by atoms with Crippen LogP contribution in [-0.4, -0.2) is 52.6 Å². The van der Waals surface area contributed by atoms with Crippen molar-refractivity contribution < 1.29 is 14.7 Å². The fourth-order valence-electron chi connectivity index (χ4n) is 2.91. The van der Waals surface area contributed by atoms with Crippen LogP contribution >= 0.6 is 11.8 Å². The summed E-state index contributed by atoms with van der Waals surface area (Å²) >= 11 is 1.84. The van der Waals surface area contributed by atoms with Gasteiger partial charge in [0.2, 0.25) is 0 Å². The lowest BCUT2D eigenvalue weighted by molar-refractivity contribution is -0.138. The molecule has 0 spiro atoms. The number of carboxylic acids is 1. The second-order valence-corrected chi connectivity index (χ2v) is 6.52. The van der Waals surface area contributed by atoms with Gasteiger partial charge in [-0.25, -0.2) is 9.59 Å². The molecule has 0 aromatic heterocycles. The van der Waals surface area contributed by atoms with E-state index in [1.807, 2.05) is 36.0 Å². The first-order valence-electron chi connectivity index (χ1n) is 7.15. The number of para-hydroxylation sites is 1. The Kier molecular flexibility index (Phi) is 4.05. The molecular formula is C15H18N2O3S. The van der Waals surface area contributed by atoms with Gasteiger partial charge in [-0.1, -0.05) is 18.2 Å². The molecule has 0 saturated carbocycles. The monoisotopic (exact) mass is 306 g/mol. The normalized spacial score (nSPS) is 21.8. The molecule has 1 saturated heterocycles. The van der Waals surface area contributed by atoms with E-state index in [1.165, 1.54) is 4.90 Å². The highest BCUT2D eigenvalue weighted by Gasteiger charge is 2.40. The third-order valence-electron chi connectivity index (χ3n) is 3.96. The summed E-state index contributed by atoms with van der Waals surface area (Å²) in [4.78, 5) is 27.6. The number of aliphatic carboxylic acids is 1. The minimum absolute atomic E-state index is 0.171. The Bertz CT molecular complexity index is 556. The van der Waals surface area contributed by atoms with Crippen molar-refractivity contribution in [1.82, 2.24) is 4.90 Å². The maximum atomic E-state index is 12.8. The zero-order valence-electron chi connectivity index (χ0n) is 11.7. The van der Waals surface area contributed by atoms with E-state index in [9.17, 15) is 14.7 Å². The molecule has 2 heterocycles. The Balaban J connectivity index is 1.89. The van der Waals surface area contributed by atoms with E-state index in [4.69, 9.17) is 0 Å². The lowest BCUT2D eigenvalue weighted by atomic mass is 10.1. The zero-order valence-corrected chi connectivity index (χ0v) is 12.5. The van der Waals surface area contributed by atoms with Crippen molar-refractivity contribution in [3.8, 4) is 0 Å². The molecule has 2 aliphatic heterocycles. The van der Waals surface area contributed by atoms with Gasteiger partial charge in [0, 0.05) is 31.0 Å². The summed E-state index contributed by atoms with van der Waals surface area (Å²) in [5, 5.41) is 9.44. The predicted octanol–water partition coefficient (Wildman–Crippen LogP) is 2.06. The summed E-state index contributed by atoms with van der Waals surface area (Å²) < 4.78 is 0. The fourth-order valence-corrected chi connectivity index (χ4v) is 3.80. The first-order chi connectivity index (χ1) is 10.2. The smallest absolute Gasteiger partial charge is 0.327 e. The number of carbonyl (C=O) groups is 2. The van der Waals surface area contributed by atoms with Crippen LogP contribution < -0.4 is 4.90 Å². The molecule has 1 unspecified atom stereocenters. The van der Waals surface area contributed by atoms with Crippen LogP contribution in [-0.2, 0) is 11.2 Å². The number of rotatable bonds is 1. The number of hydrogen-bond donors (Lipinski definition) is 1. The first kappa shape index (κ1) is 14.3. The van der Waals surface area contributed by atoms with Crippen LogP contribution in [0.1, 0.15) is 12.0 Å². The van der Waals surface area contributed by atoms with E-state index in [2.05, 4.69) is 0 Å². The molecule has 1 N–H and O–H groups in total. The lowest BCUT2D eigenvalue weighted by Crippen LogP contribution is -2.50. The summed E-state index contributed by atoms with van der Waals surface area (Å²) in [5.74, 6) is 1.03. The van der Waals surface area contributed by atoms with Gasteiger partial charge in [-0.15, -0.1) is 0 Å². The van der Waals surface area contributed by atoms with Gasteiger partial charge in [-0.2, -0.15) is 11.8 Å². The molecule has 5 nitrogen and oxygen atoms in total. The minimum atomic E-state index is -0.941. The van der Waals surface area contributed by atoms with Crippen LogP contribution in [0.3, 0.4) is 0 Å². The van der Waals surface area contributed by atoms with Gasteiger partial charge in [0.25, 0.3) is 0 Å². The Morgan fingerprint density at radius 3 is 2.81 bits per heavy atom. The number of thioether (sulfide) groups is 1. The standard InChI is InChI=1S/C15H18N2O3S/c18-14(19)13-10-11-4-1-2-5-12(11)17(13)15(20)16-6-3-8-21-9-7-16/h1-2,4-5,13H,3,6-10H2,(H,18,19). The largest absolute Gasteiger partial charge is 0.480 e. The van der Waals surface area contributed by atoms with Crippen molar-refractivity contribution in [1.29, 1.82) is 0 Å². The number of hydrogen-bond acceptors (Lipinski definition) is 3. The van der Waals surface area contributed by atoms with E-state index in [1.54, 1.807) is 4.90 Å². The van der Waals surface area contributed by atoms with Crippen molar-refractivity contribution in [2.45, 2.75) is 18.9 Å². The Hall–Kier alpha value is -1.69. The van der Waals surface area contributed by atoms with Crippen molar-refractivity contribution in [3.63, 3.8) is 0 Å². The second kappa shape index (κ2) is 5.97. The Morgan fingerprint density at radius 1 is 1.19 bits per heavy atom. The molecule has 2 aliphatic rings. The van der Waals surface area contributed by atoms with E-state index in [0.717, 1.165) is 29.2 Å². The highest BCUT2D eigenvalue weighted by molar-refractivity contribution is 7.99. The Labute approximate surface area is 127 Å². The van der Waals surface area contributed by atoms with Crippen LogP contribution in [0.5, 0.6) is 0 Å². The van der Waals surface area contributed by atoms with E-state index < -0.39 is 12.0 Å². The second-order valence-electron chi connectivity index (χ2n) is 5.29. The molecule has 1 fully saturated rings. The van der Waals surface area contributed by atoms with Crippen LogP contribution in [0.2, 0.25) is 0 Å². The van der Waals surface area contributed by atoms with E-state index >= 15 is 0 Å². The summed E-state index contributed by atoms with van der Waals surface area (Å²) in [6, 6.07) is 6.51. The average Bonchev–Trinajstić information content (AvgIpc) is 2.67. The number of amides is 2. The number of anilines is 1. The van der Waals surface area contributed by atoms with Crippen LogP contribution in [0, 0.1) is 0 Å². The van der Waals surface area contributed by atoms with Crippen LogP contribution in [0.4, 0.5) is 10.5 Å². The molecule has 1 atom stereocenters. The summed E-state index contributed by atoms with van der Waals surface area (Å²) in [7, 11) is 0. The molecule has 0 aliphatic carbocycles. The van der Waals surface area contributed by atoms with Gasteiger partial charge in [-0.05, 0) is 23.8 Å². The molecule has 21 heavy (non-hydrogen) atoms. The molecule has 1 aromatic rings. The Morgan fingerprint density at radius 2 is 2.00 bits per heavy atom. The van der Waals surface area contributed by atoms with Gasteiger partial charge in [0.15, 0.2) is 0 Å². The summed E-state index contributed by atoms with van der Waals surface area (Å²) in [6.45, 7) is 1.39. The number of benzene rings is 1. The van der Waals surface area contributed by atoms with Gasteiger partial charge in [0.1, 0.15) is 6.04 Å². The third-order valence-corrected chi connectivity index (χ3v) is 5.01. The molecule has 2 amide bonds. The van der Waals surface area contributed by atoms with Crippen molar-refractivity contribution in [2.24, 2.45) is 0 Å². The van der Waals surface area contributed by atoms with Crippen LogP contribution in [0.25, 0.3) is 0 Å². The van der Waals surface area contributed by atoms with Gasteiger partial charge in [0.05, 0.1) is 0 Å². The molecular weight excluding hydrogens is 288 g/mol. The maximum Gasteiger partial charge on any atom is 0.327 e. The number of fused-ring (bicyclic) bond motifs is 1. The van der Waals surface area contributed by atoms with Crippen molar-refractivity contribution in [3.05, 3.63) is 29.8 Å². The first-order valence-corrected chi connectivity index (χ1v) is 8.30. The maximum absolute atomic E-state index is 12.8. The topological polar surface area (TPSA) is 60.9 Å². The average molecular weight is 306 g/mol. The molecule has 0 bridgehead atoms. The summed E-state index contributed by atoms with van der Waals surface area (Å²) in [6.07, 6.45) is 1.35. The van der Waals surface area contributed by atoms with E-state index in [-0.39, 0.29) is 6.03 Å². The van der Waals surface area contributed by atoms with Crippen molar-refractivity contribution >= 4 is 29.4 Å². The highest BCUT2D eigenvalue weighted by atomic mass is 32.2. The van der Waals surface area contributed by atoms with Gasteiger partial charge >= 0.3 is 12.0 Å². The fraction of sp³-hybridized carbons (Fsp3) is 0.467. The molecule has 0 radical (unpaired) electrons. The highest BCUT2D eigenvalue weighted by Crippen LogP contribution is 2.33. The third kappa shape index (κ3) is 2.72. The molecule has 3 rings (SSSR count). The summed E-state index contributed by atoms with van der Waals surface area (Å²) in [5.41, 5.74) is 1.68. The molecule has 112 valence electrons. The molecule has 6 heteroatoms. The number of nitrogens with zero attached hydrogens (tertiary/aromatic N) is 2. The number of urea groups is 1.